The van der Waals surface area contributed by atoms with Crippen molar-refractivity contribution in [2.45, 2.75) is 6.92 Å². The highest BCUT2D eigenvalue weighted by Gasteiger charge is 2.17. The molecule has 0 aliphatic carbocycles. The van der Waals surface area contributed by atoms with Gasteiger partial charge >= 0.3 is 11.9 Å². The maximum atomic E-state index is 11.6. The lowest BCUT2D eigenvalue weighted by Gasteiger charge is -2.06. The van der Waals surface area contributed by atoms with E-state index in [1.54, 1.807) is 6.92 Å². The first-order valence-electron chi connectivity index (χ1n) is 6.14. The number of hydrogen-bond donors (Lipinski definition) is 1. The van der Waals surface area contributed by atoms with Gasteiger partial charge in [0.05, 0.1) is 29.9 Å². The van der Waals surface area contributed by atoms with Gasteiger partial charge in [0.25, 0.3) is 5.69 Å². The van der Waals surface area contributed by atoms with Crippen LogP contribution >= 0.6 is 0 Å². The summed E-state index contributed by atoms with van der Waals surface area (Å²) >= 11 is 0. The summed E-state index contributed by atoms with van der Waals surface area (Å²) in [5.41, 5.74) is 2.23. The van der Waals surface area contributed by atoms with E-state index in [0.717, 1.165) is 13.2 Å². The highest BCUT2D eigenvalue weighted by molar-refractivity contribution is 5.96. The number of nitro benzene ring substituents is 1. The van der Waals surface area contributed by atoms with E-state index in [9.17, 15) is 19.7 Å². The van der Waals surface area contributed by atoms with Crippen LogP contribution in [0, 0.1) is 10.1 Å². The fourth-order valence-corrected chi connectivity index (χ4v) is 1.41. The van der Waals surface area contributed by atoms with Gasteiger partial charge in [0.15, 0.2) is 6.54 Å². The molecule has 0 saturated heterocycles. The van der Waals surface area contributed by atoms with Crippen LogP contribution in [0.4, 0.5) is 11.4 Å². The smallest absolute Gasteiger partial charge is 0.340 e. The number of methoxy groups -OCH3 is 1. The first kappa shape index (κ1) is 17.0. The maximum absolute atomic E-state index is 11.6. The van der Waals surface area contributed by atoms with Crippen molar-refractivity contribution in [1.82, 2.24) is 0 Å². The normalized spacial score (nSPS) is 10.3. The number of nitrogens with zero attached hydrogens (tertiary/aromatic N) is 3. The molecule has 118 valence electrons. The third kappa shape index (κ3) is 4.81. The second-order valence-corrected chi connectivity index (χ2v) is 3.79. The summed E-state index contributed by atoms with van der Waals surface area (Å²) in [6.07, 6.45) is 0. The minimum Gasteiger partial charge on any atom is -0.465 e. The zero-order valence-electron chi connectivity index (χ0n) is 11.9. The summed E-state index contributed by atoms with van der Waals surface area (Å²) in [7, 11) is 1.15. The lowest BCUT2D eigenvalue weighted by Crippen LogP contribution is -2.08. The Morgan fingerprint density at radius 1 is 1.41 bits per heavy atom. The van der Waals surface area contributed by atoms with Crippen LogP contribution in [0.15, 0.2) is 28.5 Å². The van der Waals surface area contributed by atoms with Crippen molar-refractivity contribution in [1.29, 1.82) is 0 Å². The summed E-state index contributed by atoms with van der Waals surface area (Å²) in [6.45, 7) is 1.60. The van der Waals surface area contributed by atoms with E-state index in [1.165, 1.54) is 12.1 Å². The summed E-state index contributed by atoms with van der Waals surface area (Å²) in [5.74, 6) is -1.32. The van der Waals surface area contributed by atoms with Crippen LogP contribution in [-0.4, -0.2) is 37.1 Å². The fraction of sp³-hybridized carbons (Fsp3) is 0.333. The second-order valence-electron chi connectivity index (χ2n) is 3.79. The first-order chi connectivity index (χ1) is 10.5. The number of anilines is 1. The molecular formula is C12H14N4O6. The molecule has 0 fully saturated rings. The van der Waals surface area contributed by atoms with Gasteiger partial charge in [-0.3, -0.25) is 15.5 Å². The number of rotatable bonds is 7. The average molecular weight is 310 g/mol. The summed E-state index contributed by atoms with van der Waals surface area (Å²) in [4.78, 5) is 32.7. The van der Waals surface area contributed by atoms with Gasteiger partial charge in [-0.2, -0.15) is 5.11 Å². The number of carbonyl (C=O) groups excluding carboxylic acids is 2. The number of nitro groups is 1. The minimum atomic E-state index is -0.771. The molecule has 0 amide bonds. The molecule has 22 heavy (non-hydrogen) atoms. The zero-order chi connectivity index (χ0) is 16.5. The number of benzene rings is 1. The lowest BCUT2D eigenvalue weighted by molar-refractivity contribution is -0.384. The Morgan fingerprint density at radius 2 is 2.14 bits per heavy atom. The monoisotopic (exact) mass is 310 g/mol. The Balaban J connectivity index is 2.85. The minimum absolute atomic E-state index is 0.0771. The van der Waals surface area contributed by atoms with Gasteiger partial charge < -0.3 is 9.47 Å². The molecule has 0 aromatic heterocycles. The maximum Gasteiger partial charge on any atom is 0.340 e. The molecule has 0 bridgehead atoms. The fourth-order valence-electron chi connectivity index (χ4n) is 1.41. The second kappa shape index (κ2) is 8.29. The Bertz CT molecular complexity index is 601. The molecule has 10 heteroatoms. The molecule has 0 unspecified atom stereocenters. The number of non-ortho nitro benzene ring substituents is 1. The zero-order valence-corrected chi connectivity index (χ0v) is 11.9. The molecule has 0 radical (unpaired) electrons. The van der Waals surface area contributed by atoms with Gasteiger partial charge in [-0.25, -0.2) is 9.59 Å². The highest BCUT2D eigenvalue weighted by atomic mass is 16.6. The van der Waals surface area contributed by atoms with Crippen molar-refractivity contribution < 1.29 is 24.0 Å². The number of esters is 2. The third-order valence-corrected chi connectivity index (χ3v) is 2.37. The predicted octanol–water partition coefficient (Wildman–Crippen LogP) is 1.72. The number of nitrogens with one attached hydrogen (secondary N) is 1. The van der Waals surface area contributed by atoms with Crippen LogP contribution in [0.3, 0.4) is 0 Å². The summed E-state index contributed by atoms with van der Waals surface area (Å²) < 4.78 is 9.19. The van der Waals surface area contributed by atoms with E-state index in [1.807, 2.05) is 0 Å². The van der Waals surface area contributed by atoms with Crippen LogP contribution in [-0.2, 0) is 14.3 Å². The third-order valence-electron chi connectivity index (χ3n) is 2.37. The first-order valence-corrected chi connectivity index (χ1v) is 6.14. The van der Waals surface area contributed by atoms with Crippen LogP contribution in [0.25, 0.3) is 0 Å². The van der Waals surface area contributed by atoms with Gasteiger partial charge in [-0.05, 0) is 13.0 Å². The van der Waals surface area contributed by atoms with Crippen molar-refractivity contribution in [3.8, 4) is 0 Å². The average Bonchev–Trinajstić information content (AvgIpc) is 2.51. The number of ether oxygens (including phenoxy) is 2. The van der Waals surface area contributed by atoms with Gasteiger partial charge in [0, 0.05) is 12.1 Å². The number of hydrogen-bond acceptors (Lipinski definition) is 8. The molecule has 0 aliphatic rings. The molecular weight excluding hydrogens is 296 g/mol. The van der Waals surface area contributed by atoms with E-state index in [-0.39, 0.29) is 30.1 Å². The molecule has 1 rings (SSSR count). The van der Waals surface area contributed by atoms with Crippen molar-refractivity contribution in [3.05, 3.63) is 33.9 Å². The Labute approximate surface area is 125 Å². The number of carbonyl (C=O) groups is 2. The van der Waals surface area contributed by atoms with Crippen LogP contribution < -0.4 is 5.43 Å². The lowest BCUT2D eigenvalue weighted by atomic mass is 10.1. The Kier molecular flexibility index (Phi) is 6.41. The molecule has 1 aromatic carbocycles. The van der Waals surface area contributed by atoms with E-state index in [4.69, 9.17) is 0 Å². The summed E-state index contributed by atoms with van der Waals surface area (Å²) in [6, 6.07) is 3.53. The molecule has 0 atom stereocenters. The quantitative estimate of drug-likeness (QED) is 0.351. The van der Waals surface area contributed by atoms with E-state index >= 15 is 0 Å². The molecule has 1 N–H and O–H groups in total. The van der Waals surface area contributed by atoms with Crippen LogP contribution in [0.2, 0.25) is 0 Å². The van der Waals surface area contributed by atoms with Gasteiger partial charge in [0.1, 0.15) is 0 Å². The predicted molar refractivity (Wildman–Crippen MR) is 74.4 cm³/mol. The SMILES string of the molecule is CCOC(=O)CN=NNc1ccc([N+](=O)[O-])cc1C(=O)OC. The molecule has 0 aliphatic heterocycles. The molecule has 0 saturated carbocycles. The van der Waals surface area contributed by atoms with Gasteiger partial charge in [0.2, 0.25) is 0 Å². The van der Waals surface area contributed by atoms with E-state index in [2.05, 4.69) is 25.2 Å². The van der Waals surface area contributed by atoms with Gasteiger partial charge in [-0.1, -0.05) is 5.22 Å². The topological polar surface area (TPSA) is 132 Å². The van der Waals surface area contributed by atoms with Crippen LogP contribution in [0.1, 0.15) is 17.3 Å². The van der Waals surface area contributed by atoms with Crippen molar-refractivity contribution >= 4 is 23.3 Å². The Morgan fingerprint density at radius 3 is 2.73 bits per heavy atom. The standard InChI is InChI=1S/C12H14N4O6/c1-3-22-11(17)7-13-15-14-10-5-4-8(16(19)20)6-9(10)12(18)21-2/h4-6H,3,7H2,1-2H3,(H,13,14). The van der Waals surface area contributed by atoms with Gasteiger partial charge in [-0.15, -0.1) is 0 Å². The van der Waals surface area contributed by atoms with Crippen molar-refractivity contribution in [2.75, 3.05) is 25.7 Å². The summed E-state index contributed by atoms with van der Waals surface area (Å²) in [5, 5.41) is 17.7. The van der Waals surface area contributed by atoms with E-state index in [0.29, 0.717) is 0 Å². The molecule has 0 spiro atoms. The van der Waals surface area contributed by atoms with Crippen molar-refractivity contribution in [2.24, 2.45) is 10.3 Å². The largest absolute Gasteiger partial charge is 0.465 e. The van der Waals surface area contributed by atoms with E-state index < -0.39 is 16.9 Å². The molecule has 0 heterocycles. The van der Waals surface area contributed by atoms with Crippen LogP contribution in [0.5, 0.6) is 0 Å². The molecule has 1 aromatic rings. The Hall–Kier alpha value is -3.04. The van der Waals surface area contributed by atoms with Crippen molar-refractivity contribution in [3.63, 3.8) is 0 Å². The highest BCUT2D eigenvalue weighted by Crippen LogP contribution is 2.23. The molecule has 10 nitrogen and oxygen atoms in total.